The third kappa shape index (κ3) is 4.80. The lowest BCUT2D eigenvalue weighted by molar-refractivity contribution is 0.443. The number of nitrogens with zero attached hydrogens (tertiary/aromatic N) is 1. The molecule has 2 nitrogen and oxygen atoms in total. The van der Waals surface area contributed by atoms with Gasteiger partial charge in [-0.25, -0.2) is 0 Å². The van der Waals surface area contributed by atoms with Crippen molar-refractivity contribution in [3.05, 3.63) is 29.8 Å². The molecule has 0 radical (unpaired) electrons. The van der Waals surface area contributed by atoms with Crippen molar-refractivity contribution in [1.82, 2.24) is 5.32 Å². The number of thioether (sulfide) groups is 1. The first-order chi connectivity index (χ1) is 7.95. The molecule has 0 saturated carbocycles. The standard InChI is InChI=1S/C14H20N2S/c1-11(2)16-14(4,9-15)10-17-13-7-5-12(3)6-8-13/h5-8,11,16H,10H2,1-4H3. The molecule has 1 atom stereocenters. The molecule has 0 saturated heterocycles. The molecule has 92 valence electrons. The highest BCUT2D eigenvalue weighted by Gasteiger charge is 2.24. The van der Waals surface area contributed by atoms with Crippen molar-refractivity contribution in [2.45, 2.75) is 44.2 Å². The molecular formula is C14H20N2S. The van der Waals surface area contributed by atoms with Gasteiger partial charge in [0, 0.05) is 16.7 Å². The summed E-state index contributed by atoms with van der Waals surface area (Å²) in [6.45, 7) is 8.15. The number of hydrogen-bond donors (Lipinski definition) is 1. The van der Waals surface area contributed by atoms with Crippen LogP contribution in [0.25, 0.3) is 0 Å². The van der Waals surface area contributed by atoms with E-state index < -0.39 is 5.54 Å². The van der Waals surface area contributed by atoms with Crippen molar-refractivity contribution in [3.8, 4) is 6.07 Å². The van der Waals surface area contributed by atoms with Gasteiger partial charge in [-0.2, -0.15) is 5.26 Å². The second-order valence-electron chi connectivity index (χ2n) is 4.84. The summed E-state index contributed by atoms with van der Waals surface area (Å²) in [4.78, 5) is 1.21. The van der Waals surface area contributed by atoms with Crippen molar-refractivity contribution in [2.75, 3.05) is 5.75 Å². The van der Waals surface area contributed by atoms with Gasteiger partial charge in [0.15, 0.2) is 0 Å². The monoisotopic (exact) mass is 248 g/mol. The molecular weight excluding hydrogens is 228 g/mol. The summed E-state index contributed by atoms with van der Waals surface area (Å²) < 4.78 is 0. The largest absolute Gasteiger partial charge is 0.297 e. The van der Waals surface area contributed by atoms with Crippen LogP contribution in [0.5, 0.6) is 0 Å². The Morgan fingerprint density at radius 3 is 2.41 bits per heavy atom. The summed E-state index contributed by atoms with van der Waals surface area (Å²) in [6, 6.07) is 11.1. The Balaban J connectivity index is 2.59. The van der Waals surface area contributed by atoms with E-state index in [2.05, 4.69) is 56.4 Å². The average Bonchev–Trinajstić information content (AvgIpc) is 2.27. The fraction of sp³-hybridized carbons (Fsp3) is 0.500. The number of hydrogen-bond acceptors (Lipinski definition) is 3. The molecule has 1 unspecified atom stereocenters. The summed E-state index contributed by atoms with van der Waals surface area (Å²) in [7, 11) is 0. The Morgan fingerprint density at radius 2 is 1.94 bits per heavy atom. The minimum Gasteiger partial charge on any atom is -0.297 e. The van der Waals surface area contributed by atoms with Gasteiger partial charge in [-0.15, -0.1) is 11.8 Å². The number of rotatable bonds is 5. The van der Waals surface area contributed by atoms with E-state index in [0.717, 1.165) is 5.75 Å². The third-order valence-corrected chi connectivity index (χ3v) is 3.73. The van der Waals surface area contributed by atoms with E-state index in [1.54, 1.807) is 11.8 Å². The van der Waals surface area contributed by atoms with Crippen LogP contribution in [0.2, 0.25) is 0 Å². The molecule has 0 heterocycles. The van der Waals surface area contributed by atoms with Gasteiger partial charge >= 0.3 is 0 Å². The van der Waals surface area contributed by atoms with Crippen LogP contribution in [0.3, 0.4) is 0 Å². The van der Waals surface area contributed by atoms with Gasteiger partial charge < -0.3 is 0 Å². The van der Waals surface area contributed by atoms with Gasteiger partial charge in [0.05, 0.1) is 6.07 Å². The molecule has 0 bridgehead atoms. The lowest BCUT2D eigenvalue weighted by Gasteiger charge is -2.25. The summed E-state index contributed by atoms with van der Waals surface area (Å²) in [5.74, 6) is 0.755. The van der Waals surface area contributed by atoms with Crippen LogP contribution in [0.15, 0.2) is 29.2 Å². The molecule has 1 N–H and O–H groups in total. The highest BCUT2D eigenvalue weighted by atomic mass is 32.2. The second-order valence-corrected chi connectivity index (χ2v) is 5.89. The third-order valence-electron chi connectivity index (χ3n) is 2.40. The normalized spacial score (nSPS) is 14.4. The van der Waals surface area contributed by atoms with E-state index in [1.165, 1.54) is 10.5 Å². The lowest BCUT2D eigenvalue weighted by Crippen LogP contribution is -2.47. The molecule has 0 spiro atoms. The Labute approximate surface area is 108 Å². The van der Waals surface area contributed by atoms with Gasteiger partial charge in [-0.05, 0) is 39.8 Å². The maximum Gasteiger partial charge on any atom is 0.113 e. The summed E-state index contributed by atoms with van der Waals surface area (Å²) in [6.07, 6.45) is 0. The predicted molar refractivity (Wildman–Crippen MR) is 74.2 cm³/mol. The number of nitrogens with one attached hydrogen (secondary N) is 1. The lowest BCUT2D eigenvalue weighted by atomic mass is 10.1. The van der Waals surface area contributed by atoms with Crippen LogP contribution in [-0.2, 0) is 0 Å². The molecule has 0 aliphatic carbocycles. The quantitative estimate of drug-likeness (QED) is 0.812. The van der Waals surface area contributed by atoms with Gasteiger partial charge in [-0.1, -0.05) is 17.7 Å². The van der Waals surface area contributed by atoms with E-state index in [9.17, 15) is 5.26 Å². The molecule has 1 rings (SSSR count). The maximum atomic E-state index is 9.23. The van der Waals surface area contributed by atoms with Crippen LogP contribution in [-0.4, -0.2) is 17.3 Å². The van der Waals surface area contributed by atoms with Crippen LogP contribution in [0, 0.1) is 18.3 Å². The van der Waals surface area contributed by atoms with Gasteiger partial charge in [0.25, 0.3) is 0 Å². The molecule has 17 heavy (non-hydrogen) atoms. The Bertz CT molecular complexity index is 392. The van der Waals surface area contributed by atoms with Crippen molar-refractivity contribution in [1.29, 1.82) is 5.26 Å². The van der Waals surface area contributed by atoms with Gasteiger partial charge in [0.2, 0.25) is 0 Å². The Hall–Kier alpha value is -0.980. The van der Waals surface area contributed by atoms with E-state index in [0.29, 0.717) is 6.04 Å². The van der Waals surface area contributed by atoms with Gasteiger partial charge in [0.1, 0.15) is 5.54 Å². The van der Waals surface area contributed by atoms with Crippen LogP contribution in [0.4, 0.5) is 0 Å². The molecule has 1 aromatic rings. The molecule has 0 amide bonds. The Morgan fingerprint density at radius 1 is 1.35 bits per heavy atom. The molecule has 0 aromatic heterocycles. The summed E-state index contributed by atoms with van der Waals surface area (Å²) in [5, 5.41) is 12.5. The van der Waals surface area contributed by atoms with Crippen molar-refractivity contribution >= 4 is 11.8 Å². The number of nitriles is 1. The number of benzene rings is 1. The van der Waals surface area contributed by atoms with Crippen molar-refractivity contribution in [2.24, 2.45) is 0 Å². The smallest absolute Gasteiger partial charge is 0.113 e. The molecule has 0 aliphatic rings. The molecule has 1 aromatic carbocycles. The zero-order valence-corrected chi connectivity index (χ0v) is 11.8. The van der Waals surface area contributed by atoms with E-state index in [4.69, 9.17) is 0 Å². The minimum absolute atomic E-state index is 0.318. The molecule has 3 heteroatoms. The highest BCUT2D eigenvalue weighted by Crippen LogP contribution is 2.23. The number of aryl methyl sites for hydroxylation is 1. The Kier molecular flexibility index (Phi) is 5.04. The fourth-order valence-electron chi connectivity index (χ4n) is 1.61. The maximum absolute atomic E-state index is 9.23. The molecule has 0 fully saturated rings. The van der Waals surface area contributed by atoms with Crippen LogP contribution >= 0.6 is 11.8 Å². The predicted octanol–water partition coefficient (Wildman–Crippen LogP) is 3.37. The highest BCUT2D eigenvalue weighted by molar-refractivity contribution is 7.99. The first-order valence-electron chi connectivity index (χ1n) is 5.83. The van der Waals surface area contributed by atoms with Crippen LogP contribution < -0.4 is 5.32 Å². The minimum atomic E-state index is -0.469. The second kappa shape index (κ2) is 6.09. The zero-order valence-electron chi connectivity index (χ0n) is 10.9. The van der Waals surface area contributed by atoms with Crippen LogP contribution in [0.1, 0.15) is 26.3 Å². The van der Waals surface area contributed by atoms with Gasteiger partial charge in [-0.3, -0.25) is 5.32 Å². The SMILES string of the molecule is Cc1ccc(SCC(C)(C#N)NC(C)C)cc1. The summed E-state index contributed by atoms with van der Waals surface area (Å²) >= 11 is 1.72. The fourth-order valence-corrected chi connectivity index (χ4v) is 2.54. The first kappa shape index (κ1) is 14.1. The average molecular weight is 248 g/mol. The van der Waals surface area contributed by atoms with E-state index >= 15 is 0 Å². The molecule has 0 aliphatic heterocycles. The summed E-state index contributed by atoms with van der Waals surface area (Å²) in [5.41, 5.74) is 0.793. The van der Waals surface area contributed by atoms with E-state index in [1.807, 2.05) is 6.92 Å². The first-order valence-corrected chi connectivity index (χ1v) is 6.82. The van der Waals surface area contributed by atoms with E-state index in [-0.39, 0.29) is 0 Å². The topological polar surface area (TPSA) is 35.8 Å². The zero-order chi connectivity index (χ0) is 12.9. The van der Waals surface area contributed by atoms with Crippen molar-refractivity contribution < 1.29 is 0 Å². The van der Waals surface area contributed by atoms with Crippen molar-refractivity contribution in [3.63, 3.8) is 0 Å².